The first-order valence-corrected chi connectivity index (χ1v) is 8.02. The highest BCUT2D eigenvalue weighted by Crippen LogP contribution is 2.26. The molecule has 0 aliphatic heterocycles. The van der Waals surface area contributed by atoms with Gasteiger partial charge in [0.2, 0.25) is 0 Å². The fraction of sp³-hybridized carbons (Fsp3) is 0.235. The average molecular weight is 367 g/mol. The minimum absolute atomic E-state index is 0.187. The Bertz CT molecular complexity index is 805. The van der Waals surface area contributed by atoms with Crippen molar-refractivity contribution in [3.63, 3.8) is 0 Å². The van der Waals surface area contributed by atoms with Crippen LogP contribution in [0.3, 0.4) is 0 Å². The largest absolute Gasteiger partial charge is 0.463 e. The van der Waals surface area contributed by atoms with Gasteiger partial charge in [0, 0.05) is 11.6 Å². The quantitative estimate of drug-likeness (QED) is 0.604. The van der Waals surface area contributed by atoms with Crippen molar-refractivity contribution < 1.29 is 14.3 Å². The number of aromatic nitrogens is 2. The molecule has 0 unspecified atom stereocenters. The minimum Gasteiger partial charge on any atom is -0.463 e. The summed E-state index contributed by atoms with van der Waals surface area (Å²) >= 11 is 12.2. The molecule has 0 bridgehead atoms. The molecule has 0 fully saturated rings. The van der Waals surface area contributed by atoms with Crippen LogP contribution in [0.5, 0.6) is 0 Å². The number of hydrogen-bond donors (Lipinski definition) is 0. The molecule has 0 saturated carbocycles. The second-order valence-electron chi connectivity index (χ2n) is 4.98. The second kappa shape index (κ2) is 7.64. The number of nitrogens with zero attached hydrogens (tertiary/aromatic N) is 2. The zero-order valence-corrected chi connectivity index (χ0v) is 15.0. The van der Waals surface area contributed by atoms with Gasteiger partial charge in [-0.25, -0.2) is 9.48 Å². The number of aryl methyl sites for hydroxylation is 1. The van der Waals surface area contributed by atoms with Crippen LogP contribution in [0.4, 0.5) is 0 Å². The normalized spacial score (nSPS) is 11.0. The number of esters is 1. The topological polar surface area (TPSA) is 61.2 Å². The third-order valence-electron chi connectivity index (χ3n) is 3.39. The maximum atomic E-state index is 12.7. The van der Waals surface area contributed by atoms with Crippen LogP contribution in [0.15, 0.2) is 24.3 Å². The maximum absolute atomic E-state index is 12.7. The Balaban J connectivity index is 2.42. The second-order valence-corrected chi connectivity index (χ2v) is 5.80. The zero-order valence-electron chi connectivity index (χ0n) is 13.5. The van der Waals surface area contributed by atoms with Gasteiger partial charge in [0.25, 0.3) is 5.91 Å². The molecule has 0 N–H and O–H groups in total. The summed E-state index contributed by atoms with van der Waals surface area (Å²) in [4.78, 5) is 24.2. The van der Waals surface area contributed by atoms with Crippen LogP contribution >= 0.6 is 23.2 Å². The highest BCUT2D eigenvalue weighted by molar-refractivity contribution is 6.39. The number of carbonyl (C=O) groups is 2. The lowest BCUT2D eigenvalue weighted by molar-refractivity contribution is -0.137. The molecule has 0 radical (unpaired) electrons. The van der Waals surface area contributed by atoms with Crippen molar-refractivity contribution in [2.75, 3.05) is 6.61 Å². The van der Waals surface area contributed by atoms with Gasteiger partial charge in [0.05, 0.1) is 33.6 Å². The molecule has 0 atom stereocenters. The van der Waals surface area contributed by atoms with Crippen LogP contribution < -0.4 is 0 Å². The van der Waals surface area contributed by atoms with Crippen LogP contribution in [0.25, 0.3) is 6.08 Å². The van der Waals surface area contributed by atoms with Gasteiger partial charge in [-0.05, 0) is 39.0 Å². The monoisotopic (exact) mass is 366 g/mol. The zero-order chi connectivity index (χ0) is 17.9. The van der Waals surface area contributed by atoms with Crippen molar-refractivity contribution in [1.29, 1.82) is 0 Å². The lowest BCUT2D eigenvalue weighted by Gasteiger charge is -2.07. The summed E-state index contributed by atoms with van der Waals surface area (Å²) in [5.41, 5.74) is 2.03. The Labute approximate surface area is 149 Å². The van der Waals surface area contributed by atoms with Crippen LogP contribution in [-0.4, -0.2) is 28.3 Å². The molecule has 1 aromatic carbocycles. The van der Waals surface area contributed by atoms with Crippen LogP contribution in [0.1, 0.15) is 34.2 Å². The van der Waals surface area contributed by atoms with E-state index >= 15 is 0 Å². The molecule has 0 aliphatic rings. The van der Waals surface area contributed by atoms with E-state index in [0.29, 0.717) is 23.6 Å². The number of benzene rings is 1. The molecule has 1 heterocycles. The van der Waals surface area contributed by atoms with Crippen molar-refractivity contribution in [2.24, 2.45) is 0 Å². The molecule has 0 amide bonds. The molecule has 0 spiro atoms. The molecule has 2 aromatic rings. The van der Waals surface area contributed by atoms with Crippen LogP contribution in [-0.2, 0) is 9.53 Å². The van der Waals surface area contributed by atoms with Gasteiger partial charge < -0.3 is 4.74 Å². The van der Waals surface area contributed by atoms with Crippen LogP contribution in [0.2, 0.25) is 10.0 Å². The van der Waals surface area contributed by atoms with Gasteiger partial charge in [-0.2, -0.15) is 5.10 Å². The molecule has 2 rings (SSSR count). The van der Waals surface area contributed by atoms with Crippen molar-refractivity contribution in [3.05, 3.63) is 56.8 Å². The van der Waals surface area contributed by atoms with E-state index in [9.17, 15) is 9.59 Å². The van der Waals surface area contributed by atoms with Gasteiger partial charge in [-0.3, -0.25) is 4.79 Å². The molecule has 5 nitrogen and oxygen atoms in total. The smallest absolute Gasteiger partial charge is 0.330 e. The fourth-order valence-corrected chi connectivity index (χ4v) is 2.80. The molecular weight excluding hydrogens is 351 g/mol. The summed E-state index contributed by atoms with van der Waals surface area (Å²) in [5, 5.41) is 4.75. The third kappa shape index (κ3) is 3.68. The standard InChI is InChI=1S/C17H16Cl2N2O3/c1-4-24-15(22)9-8-12-10(2)20-21(11(12)3)17(23)16-13(18)6-5-7-14(16)19/h5-9H,4H2,1-3H3/b9-8+. The number of carbonyl (C=O) groups excluding carboxylic acids is 2. The molecule has 0 saturated heterocycles. The Morgan fingerprint density at radius 2 is 1.88 bits per heavy atom. The SMILES string of the molecule is CCOC(=O)/C=C/c1c(C)nn(C(=O)c2c(Cl)cccc2Cl)c1C. The van der Waals surface area contributed by atoms with Gasteiger partial charge >= 0.3 is 5.97 Å². The van der Waals surface area contributed by atoms with E-state index < -0.39 is 11.9 Å². The Kier molecular flexibility index (Phi) is 5.80. The fourth-order valence-electron chi connectivity index (χ4n) is 2.24. The molecule has 24 heavy (non-hydrogen) atoms. The molecule has 7 heteroatoms. The van der Waals surface area contributed by atoms with Gasteiger partial charge in [-0.15, -0.1) is 0 Å². The third-order valence-corrected chi connectivity index (χ3v) is 4.02. The summed E-state index contributed by atoms with van der Waals surface area (Å²) in [6.07, 6.45) is 2.88. The number of hydrogen-bond acceptors (Lipinski definition) is 4. The molecule has 1 aromatic heterocycles. The Hall–Kier alpha value is -2.11. The highest BCUT2D eigenvalue weighted by Gasteiger charge is 2.21. The van der Waals surface area contributed by atoms with E-state index in [4.69, 9.17) is 27.9 Å². The summed E-state index contributed by atoms with van der Waals surface area (Å²) in [6.45, 7) is 5.50. The molecule has 126 valence electrons. The predicted octanol–water partition coefficient (Wildman–Crippen LogP) is 4.07. The van der Waals surface area contributed by atoms with E-state index in [-0.39, 0.29) is 15.6 Å². The van der Waals surface area contributed by atoms with Gasteiger partial charge in [0.1, 0.15) is 0 Å². The number of halogens is 2. The summed E-state index contributed by atoms with van der Waals surface area (Å²) in [6, 6.07) is 4.85. The van der Waals surface area contributed by atoms with Crippen molar-refractivity contribution in [1.82, 2.24) is 9.78 Å². The predicted molar refractivity (Wildman–Crippen MR) is 93.6 cm³/mol. The van der Waals surface area contributed by atoms with Gasteiger partial charge in [0.15, 0.2) is 0 Å². The van der Waals surface area contributed by atoms with Crippen molar-refractivity contribution >= 4 is 41.2 Å². The van der Waals surface area contributed by atoms with E-state index in [2.05, 4.69) is 5.10 Å². The molecule has 0 aliphatic carbocycles. The van der Waals surface area contributed by atoms with Crippen molar-refractivity contribution in [3.8, 4) is 0 Å². The first kappa shape index (κ1) is 18.2. The first-order chi connectivity index (χ1) is 11.4. The average Bonchev–Trinajstić information content (AvgIpc) is 2.80. The number of rotatable bonds is 4. The first-order valence-electron chi connectivity index (χ1n) is 7.26. The van der Waals surface area contributed by atoms with Crippen LogP contribution in [0, 0.1) is 13.8 Å². The van der Waals surface area contributed by atoms with E-state index in [1.54, 1.807) is 45.0 Å². The maximum Gasteiger partial charge on any atom is 0.330 e. The van der Waals surface area contributed by atoms with E-state index in [1.165, 1.54) is 10.8 Å². The molecular formula is C17H16Cl2N2O3. The highest BCUT2D eigenvalue weighted by atomic mass is 35.5. The number of ether oxygens (including phenoxy) is 1. The lowest BCUT2D eigenvalue weighted by atomic mass is 10.1. The minimum atomic E-state index is -0.454. The van der Waals surface area contributed by atoms with E-state index in [0.717, 1.165) is 0 Å². The summed E-state index contributed by atoms with van der Waals surface area (Å²) in [5.74, 6) is -0.883. The van der Waals surface area contributed by atoms with Gasteiger partial charge in [-0.1, -0.05) is 29.3 Å². The van der Waals surface area contributed by atoms with Crippen molar-refractivity contribution in [2.45, 2.75) is 20.8 Å². The van der Waals surface area contributed by atoms with E-state index in [1.807, 2.05) is 0 Å². The Morgan fingerprint density at radius 1 is 1.25 bits per heavy atom. The Morgan fingerprint density at radius 3 is 2.46 bits per heavy atom. The lowest BCUT2D eigenvalue weighted by Crippen LogP contribution is -2.16. The summed E-state index contributed by atoms with van der Waals surface area (Å²) < 4.78 is 6.07. The summed E-state index contributed by atoms with van der Waals surface area (Å²) in [7, 11) is 0.